The van der Waals surface area contributed by atoms with Gasteiger partial charge in [0.05, 0.1) is 5.69 Å². The average Bonchev–Trinajstić information content (AvgIpc) is 2.17. The molecule has 0 aliphatic carbocycles. The van der Waals surface area contributed by atoms with E-state index in [2.05, 4.69) is 22.8 Å². The number of rotatable bonds is 0. The zero-order valence-corrected chi connectivity index (χ0v) is 7.01. The van der Waals surface area contributed by atoms with E-state index in [4.69, 9.17) is 0 Å². The van der Waals surface area contributed by atoms with E-state index < -0.39 is 0 Å². The lowest BCUT2D eigenvalue weighted by atomic mass is 10.2. The van der Waals surface area contributed by atoms with Crippen LogP contribution in [0.4, 0.5) is 0 Å². The summed E-state index contributed by atoms with van der Waals surface area (Å²) in [6, 6.07) is 2.21. The van der Waals surface area contributed by atoms with Crippen LogP contribution in [0.5, 0.6) is 0 Å². The zero-order valence-electron chi connectivity index (χ0n) is 7.01. The van der Waals surface area contributed by atoms with Crippen LogP contribution in [0, 0.1) is 6.92 Å². The Morgan fingerprint density at radius 2 is 2.27 bits per heavy atom. The largest absolute Gasteiger partial charge is 0.269 e. The minimum Gasteiger partial charge on any atom is -0.269 e. The molecule has 1 aromatic rings. The normalized spacial score (nSPS) is 17.5. The van der Waals surface area contributed by atoms with Gasteiger partial charge in [-0.15, -0.1) is 0 Å². The Morgan fingerprint density at radius 3 is 3.18 bits per heavy atom. The number of fused-ring (bicyclic) bond motifs is 1. The van der Waals surface area contributed by atoms with E-state index in [1.54, 1.807) is 0 Å². The third-order valence-electron chi connectivity index (χ3n) is 2.29. The number of aromatic nitrogens is 2. The fraction of sp³-hybridized carbons (Fsp3) is 0.667. The van der Waals surface area contributed by atoms with Gasteiger partial charge in [-0.05, 0) is 32.3 Å². The van der Waals surface area contributed by atoms with E-state index in [9.17, 15) is 0 Å². The molecule has 11 heavy (non-hydrogen) atoms. The molecule has 0 unspecified atom stereocenters. The topological polar surface area (TPSA) is 17.8 Å². The molecule has 0 aromatic carbocycles. The quantitative estimate of drug-likeness (QED) is 0.552. The van der Waals surface area contributed by atoms with Gasteiger partial charge in [-0.1, -0.05) is 6.42 Å². The maximum absolute atomic E-state index is 4.43. The van der Waals surface area contributed by atoms with Gasteiger partial charge in [0.15, 0.2) is 0 Å². The molecule has 0 spiro atoms. The van der Waals surface area contributed by atoms with Gasteiger partial charge in [0.25, 0.3) is 0 Å². The molecule has 2 nitrogen and oxygen atoms in total. The lowest BCUT2D eigenvalue weighted by molar-refractivity contribution is 0.572. The summed E-state index contributed by atoms with van der Waals surface area (Å²) in [5.74, 6) is 0. The highest BCUT2D eigenvalue weighted by atomic mass is 15.3. The highest BCUT2D eigenvalue weighted by Crippen LogP contribution is 2.14. The number of nitrogens with zero attached hydrogens (tertiary/aromatic N) is 2. The number of aryl methyl sites for hydroxylation is 3. The highest BCUT2D eigenvalue weighted by Gasteiger charge is 2.07. The summed E-state index contributed by atoms with van der Waals surface area (Å²) in [5, 5.41) is 4.43. The third kappa shape index (κ3) is 1.30. The number of hydrogen-bond donors (Lipinski definition) is 0. The van der Waals surface area contributed by atoms with Crippen molar-refractivity contribution in [1.82, 2.24) is 9.78 Å². The predicted molar refractivity (Wildman–Crippen MR) is 44.5 cm³/mol. The Labute approximate surface area is 67.2 Å². The standard InChI is InChI=1S/C9H14N2/c1-8-7-9-5-3-2-4-6-11(9)10-8/h7H,2-6H2,1H3. The Kier molecular flexibility index (Phi) is 1.68. The molecule has 1 aliphatic rings. The summed E-state index contributed by atoms with van der Waals surface area (Å²) >= 11 is 0. The predicted octanol–water partition coefficient (Wildman–Crippen LogP) is 1.92. The summed E-state index contributed by atoms with van der Waals surface area (Å²) in [4.78, 5) is 0. The molecule has 0 saturated carbocycles. The fourth-order valence-corrected chi connectivity index (χ4v) is 1.74. The minimum absolute atomic E-state index is 1.13. The Morgan fingerprint density at radius 1 is 1.36 bits per heavy atom. The molecule has 0 N–H and O–H groups in total. The highest BCUT2D eigenvalue weighted by molar-refractivity contribution is 5.09. The third-order valence-corrected chi connectivity index (χ3v) is 2.29. The molecule has 60 valence electrons. The molecule has 0 radical (unpaired) electrons. The maximum Gasteiger partial charge on any atom is 0.0596 e. The Balaban J connectivity index is 2.32. The summed E-state index contributed by atoms with van der Waals surface area (Å²) in [5.41, 5.74) is 2.60. The molecular weight excluding hydrogens is 136 g/mol. The van der Waals surface area contributed by atoms with E-state index in [0.717, 1.165) is 6.54 Å². The summed E-state index contributed by atoms with van der Waals surface area (Å²) in [6.07, 6.45) is 5.22. The van der Waals surface area contributed by atoms with Crippen LogP contribution in [-0.2, 0) is 13.0 Å². The van der Waals surface area contributed by atoms with Crippen LogP contribution in [0.3, 0.4) is 0 Å². The van der Waals surface area contributed by atoms with Crippen molar-refractivity contribution in [2.45, 2.75) is 39.2 Å². The molecule has 2 rings (SSSR count). The van der Waals surface area contributed by atoms with Crippen molar-refractivity contribution in [3.8, 4) is 0 Å². The Hall–Kier alpha value is -0.790. The van der Waals surface area contributed by atoms with Crippen molar-refractivity contribution in [3.63, 3.8) is 0 Å². The van der Waals surface area contributed by atoms with Crippen molar-refractivity contribution in [2.24, 2.45) is 0 Å². The molecule has 0 fully saturated rings. The first kappa shape index (κ1) is 6.89. The second kappa shape index (κ2) is 2.68. The summed E-state index contributed by atoms with van der Waals surface area (Å²) in [7, 11) is 0. The molecule has 0 saturated heterocycles. The van der Waals surface area contributed by atoms with Gasteiger partial charge in [0, 0.05) is 12.2 Å². The van der Waals surface area contributed by atoms with Gasteiger partial charge in [-0.25, -0.2) is 0 Å². The second-order valence-electron chi connectivity index (χ2n) is 3.31. The molecule has 2 heterocycles. The van der Waals surface area contributed by atoms with Crippen LogP contribution in [0.2, 0.25) is 0 Å². The minimum atomic E-state index is 1.13. The molecule has 0 atom stereocenters. The molecule has 2 heteroatoms. The van der Waals surface area contributed by atoms with Crippen LogP contribution >= 0.6 is 0 Å². The van der Waals surface area contributed by atoms with Crippen molar-refractivity contribution in [1.29, 1.82) is 0 Å². The van der Waals surface area contributed by atoms with Crippen LogP contribution in [-0.4, -0.2) is 9.78 Å². The van der Waals surface area contributed by atoms with E-state index in [1.807, 2.05) is 0 Å². The van der Waals surface area contributed by atoms with Crippen LogP contribution in [0.25, 0.3) is 0 Å². The first-order valence-electron chi connectivity index (χ1n) is 4.39. The zero-order chi connectivity index (χ0) is 7.68. The van der Waals surface area contributed by atoms with Gasteiger partial charge in [0.1, 0.15) is 0 Å². The first-order valence-corrected chi connectivity index (χ1v) is 4.39. The van der Waals surface area contributed by atoms with Crippen molar-refractivity contribution in [2.75, 3.05) is 0 Å². The molecule has 1 aromatic heterocycles. The molecule has 1 aliphatic heterocycles. The van der Waals surface area contributed by atoms with Crippen LogP contribution in [0.15, 0.2) is 6.07 Å². The van der Waals surface area contributed by atoms with Crippen LogP contribution < -0.4 is 0 Å². The van der Waals surface area contributed by atoms with Gasteiger partial charge < -0.3 is 0 Å². The Bertz CT molecular complexity index is 227. The fourth-order valence-electron chi connectivity index (χ4n) is 1.74. The summed E-state index contributed by atoms with van der Waals surface area (Å²) in [6.45, 7) is 3.20. The maximum atomic E-state index is 4.43. The monoisotopic (exact) mass is 150 g/mol. The van der Waals surface area contributed by atoms with Crippen molar-refractivity contribution < 1.29 is 0 Å². The van der Waals surface area contributed by atoms with Crippen LogP contribution in [0.1, 0.15) is 30.7 Å². The van der Waals surface area contributed by atoms with E-state index in [-0.39, 0.29) is 0 Å². The van der Waals surface area contributed by atoms with Gasteiger partial charge >= 0.3 is 0 Å². The average molecular weight is 150 g/mol. The molecule has 0 amide bonds. The van der Waals surface area contributed by atoms with E-state index >= 15 is 0 Å². The second-order valence-corrected chi connectivity index (χ2v) is 3.31. The number of hydrogen-bond acceptors (Lipinski definition) is 1. The van der Waals surface area contributed by atoms with E-state index in [1.165, 1.54) is 37.1 Å². The van der Waals surface area contributed by atoms with Gasteiger partial charge in [0.2, 0.25) is 0 Å². The van der Waals surface area contributed by atoms with Crippen molar-refractivity contribution >= 4 is 0 Å². The first-order chi connectivity index (χ1) is 5.36. The van der Waals surface area contributed by atoms with Crippen molar-refractivity contribution in [3.05, 3.63) is 17.5 Å². The lowest BCUT2D eigenvalue weighted by Crippen LogP contribution is -2.01. The van der Waals surface area contributed by atoms with Gasteiger partial charge in [-0.2, -0.15) is 5.10 Å². The SMILES string of the molecule is Cc1cc2n(n1)CCCCC2. The lowest BCUT2D eigenvalue weighted by Gasteiger charge is -1.99. The summed E-state index contributed by atoms with van der Waals surface area (Å²) < 4.78 is 2.17. The molecule has 0 bridgehead atoms. The van der Waals surface area contributed by atoms with Gasteiger partial charge in [-0.3, -0.25) is 4.68 Å². The van der Waals surface area contributed by atoms with E-state index in [0.29, 0.717) is 0 Å². The smallest absolute Gasteiger partial charge is 0.0596 e. The molecular formula is C9H14N2.